The second-order valence-corrected chi connectivity index (χ2v) is 7.52. The zero-order valence-electron chi connectivity index (χ0n) is 19.0. The maximum absolute atomic E-state index is 9.76. The van der Waals surface area contributed by atoms with Gasteiger partial charge in [0, 0.05) is 30.7 Å². The van der Waals surface area contributed by atoms with Crippen molar-refractivity contribution in [3.63, 3.8) is 0 Å². The molecule has 0 atom stereocenters. The zero-order valence-corrected chi connectivity index (χ0v) is 19.0. The molecule has 1 aliphatic rings. The molecule has 1 aromatic carbocycles. The number of aryl methyl sites for hydroxylation is 2. The Bertz CT molecular complexity index is 1200. The van der Waals surface area contributed by atoms with Crippen molar-refractivity contribution in [1.29, 1.82) is 5.26 Å². The van der Waals surface area contributed by atoms with Gasteiger partial charge < -0.3 is 4.90 Å². The molecule has 0 amide bonds. The Morgan fingerprint density at radius 1 is 1.22 bits per heavy atom. The Hall–Kier alpha value is -3.97. The van der Waals surface area contributed by atoms with E-state index in [1.54, 1.807) is 6.21 Å². The van der Waals surface area contributed by atoms with Gasteiger partial charge in [0.15, 0.2) is 0 Å². The minimum absolute atomic E-state index is 0.665. The molecule has 0 saturated heterocycles. The van der Waals surface area contributed by atoms with Gasteiger partial charge in [0.25, 0.3) is 0 Å². The quantitative estimate of drug-likeness (QED) is 0.394. The molecule has 4 heteroatoms. The summed E-state index contributed by atoms with van der Waals surface area (Å²) in [5.74, 6) is 0. The normalized spacial score (nSPS) is 14.2. The lowest BCUT2D eigenvalue weighted by molar-refractivity contribution is 0.516. The molecule has 0 fully saturated rings. The van der Waals surface area contributed by atoms with Crippen LogP contribution in [0.4, 0.5) is 0 Å². The monoisotopic (exact) mass is 420 g/mol. The third-order valence-corrected chi connectivity index (χ3v) is 5.70. The minimum Gasteiger partial charge on any atom is -0.347 e. The fraction of sp³-hybridized carbons (Fsp3) is 0.179. The third kappa shape index (κ3) is 4.53. The lowest BCUT2D eigenvalue weighted by Gasteiger charge is -2.30. The van der Waals surface area contributed by atoms with Crippen LogP contribution in [0.15, 0.2) is 90.5 Å². The van der Waals surface area contributed by atoms with E-state index in [2.05, 4.69) is 41.3 Å². The Balaban J connectivity index is 2.26. The Morgan fingerprint density at radius 3 is 2.72 bits per heavy atom. The van der Waals surface area contributed by atoms with E-state index in [0.717, 1.165) is 52.2 Å². The van der Waals surface area contributed by atoms with Gasteiger partial charge in [-0.25, -0.2) is 0 Å². The lowest BCUT2D eigenvalue weighted by Crippen LogP contribution is -2.22. The van der Waals surface area contributed by atoms with E-state index in [-0.39, 0.29) is 0 Å². The minimum atomic E-state index is 0.665. The van der Waals surface area contributed by atoms with Gasteiger partial charge in [-0.05, 0) is 61.1 Å². The van der Waals surface area contributed by atoms with Gasteiger partial charge in [-0.15, -0.1) is 0 Å². The van der Waals surface area contributed by atoms with Crippen LogP contribution in [0.2, 0.25) is 0 Å². The first-order valence-corrected chi connectivity index (χ1v) is 10.6. The van der Waals surface area contributed by atoms with Crippen molar-refractivity contribution in [1.82, 2.24) is 9.88 Å². The molecule has 0 bridgehead atoms. The van der Waals surface area contributed by atoms with Crippen molar-refractivity contribution in [2.75, 3.05) is 7.05 Å². The molecule has 32 heavy (non-hydrogen) atoms. The van der Waals surface area contributed by atoms with E-state index in [1.165, 1.54) is 11.8 Å². The first-order valence-electron chi connectivity index (χ1n) is 10.6. The van der Waals surface area contributed by atoms with Crippen LogP contribution in [0.5, 0.6) is 0 Å². The van der Waals surface area contributed by atoms with Gasteiger partial charge in [-0.1, -0.05) is 49.6 Å². The molecule has 0 unspecified atom stereocenters. The second kappa shape index (κ2) is 10.4. The van der Waals surface area contributed by atoms with Crippen LogP contribution in [-0.4, -0.2) is 23.1 Å². The highest BCUT2D eigenvalue weighted by Crippen LogP contribution is 2.36. The molecule has 1 aromatic heterocycles. The number of hydrogen-bond donors (Lipinski definition) is 0. The van der Waals surface area contributed by atoms with Crippen molar-refractivity contribution in [2.45, 2.75) is 26.7 Å². The van der Waals surface area contributed by atoms with Crippen molar-refractivity contribution in [3.8, 4) is 6.07 Å². The number of hydrogen-bond acceptors (Lipinski definition) is 4. The van der Waals surface area contributed by atoms with Crippen LogP contribution in [0, 0.1) is 18.3 Å². The molecule has 3 rings (SSSR count). The summed E-state index contributed by atoms with van der Waals surface area (Å²) >= 11 is 0. The summed E-state index contributed by atoms with van der Waals surface area (Å²) in [4.78, 5) is 11.1. The molecule has 0 radical (unpaired) electrons. The summed E-state index contributed by atoms with van der Waals surface area (Å²) in [5.41, 5.74) is 8.70. The standard InChI is InChI=1S/C28H28N4/c1-6-21(24-13-9-11-20(4)26(24)18-29)17-25-27(32(5)23(7-2)19-30-8-3)15-14-22-12-10-16-31-28(22)25/h6-13,16-17,19H,1,3,14-15H2,2,4-5H3/b21-17+,23-7+,30-19?. The number of nitrogens with zero attached hydrogens (tertiary/aromatic N) is 4. The summed E-state index contributed by atoms with van der Waals surface area (Å²) in [5, 5.41) is 9.76. The fourth-order valence-electron chi connectivity index (χ4n) is 4.01. The SMILES string of the molecule is C=CN=C/C(=C\C)N(C)C1=C(/C=C(\C=C)c2cccc(C)c2C#N)c2ncccc2CC1. The number of pyridine rings is 1. The lowest BCUT2D eigenvalue weighted by atomic mass is 9.88. The van der Waals surface area contributed by atoms with Gasteiger partial charge >= 0.3 is 0 Å². The highest BCUT2D eigenvalue weighted by atomic mass is 15.1. The molecule has 1 aliphatic carbocycles. The first-order chi connectivity index (χ1) is 15.5. The van der Waals surface area contributed by atoms with Gasteiger partial charge in [-0.2, -0.15) is 5.26 Å². The fourth-order valence-corrected chi connectivity index (χ4v) is 4.01. The average Bonchev–Trinajstić information content (AvgIpc) is 2.82. The van der Waals surface area contributed by atoms with E-state index in [1.807, 2.05) is 63.5 Å². The summed E-state index contributed by atoms with van der Waals surface area (Å²) in [6.45, 7) is 11.7. The molecule has 160 valence electrons. The predicted molar refractivity (Wildman–Crippen MR) is 134 cm³/mol. The second-order valence-electron chi connectivity index (χ2n) is 7.52. The van der Waals surface area contributed by atoms with Gasteiger partial charge in [-0.3, -0.25) is 9.98 Å². The Kier molecular flexibility index (Phi) is 7.36. The van der Waals surface area contributed by atoms with Gasteiger partial charge in [0.1, 0.15) is 6.07 Å². The smallest absolute Gasteiger partial charge is 0.100 e. The van der Waals surface area contributed by atoms with Crippen molar-refractivity contribution < 1.29 is 0 Å². The number of fused-ring (bicyclic) bond motifs is 1. The average molecular weight is 421 g/mol. The van der Waals surface area contributed by atoms with Crippen LogP contribution in [0.1, 0.15) is 41.3 Å². The van der Waals surface area contributed by atoms with Crippen LogP contribution in [0.3, 0.4) is 0 Å². The van der Waals surface area contributed by atoms with E-state index in [9.17, 15) is 5.26 Å². The van der Waals surface area contributed by atoms with Crippen molar-refractivity contribution in [2.24, 2.45) is 4.99 Å². The van der Waals surface area contributed by atoms with Crippen LogP contribution in [-0.2, 0) is 6.42 Å². The zero-order chi connectivity index (χ0) is 23.1. The Morgan fingerprint density at radius 2 is 2.03 bits per heavy atom. The molecule has 2 aromatic rings. The van der Waals surface area contributed by atoms with Crippen LogP contribution < -0.4 is 0 Å². The van der Waals surface area contributed by atoms with Crippen LogP contribution >= 0.6 is 0 Å². The maximum Gasteiger partial charge on any atom is 0.100 e. The summed E-state index contributed by atoms with van der Waals surface area (Å²) in [6.07, 6.45) is 12.9. The number of allylic oxidation sites excluding steroid dienone is 7. The number of aliphatic imine (C=N–C) groups is 1. The number of nitriles is 1. The van der Waals surface area contributed by atoms with Gasteiger partial charge in [0.05, 0.1) is 23.2 Å². The number of benzene rings is 1. The molecular weight excluding hydrogens is 392 g/mol. The van der Waals surface area contributed by atoms with E-state index < -0.39 is 0 Å². The molecule has 0 spiro atoms. The van der Waals surface area contributed by atoms with E-state index in [0.29, 0.717) is 5.56 Å². The molecule has 1 heterocycles. The van der Waals surface area contributed by atoms with Crippen molar-refractivity contribution >= 4 is 17.4 Å². The maximum atomic E-state index is 9.76. The molecular formula is C28H28N4. The topological polar surface area (TPSA) is 52.3 Å². The summed E-state index contributed by atoms with van der Waals surface area (Å²) in [6, 6.07) is 12.4. The molecule has 4 nitrogen and oxygen atoms in total. The highest BCUT2D eigenvalue weighted by molar-refractivity contribution is 5.91. The van der Waals surface area contributed by atoms with E-state index >= 15 is 0 Å². The Labute approximate surface area is 191 Å². The first kappa shape index (κ1) is 22.7. The molecule has 0 N–H and O–H groups in total. The summed E-state index contributed by atoms with van der Waals surface area (Å²) in [7, 11) is 2.04. The molecule has 0 saturated carbocycles. The predicted octanol–water partition coefficient (Wildman–Crippen LogP) is 6.24. The molecule has 0 aliphatic heterocycles. The third-order valence-electron chi connectivity index (χ3n) is 5.70. The number of rotatable bonds is 7. The van der Waals surface area contributed by atoms with E-state index in [4.69, 9.17) is 4.98 Å². The van der Waals surface area contributed by atoms with Crippen molar-refractivity contribution in [3.05, 3.63) is 113 Å². The number of aromatic nitrogens is 1. The summed E-state index contributed by atoms with van der Waals surface area (Å²) < 4.78 is 0. The largest absolute Gasteiger partial charge is 0.347 e. The highest BCUT2D eigenvalue weighted by Gasteiger charge is 2.23. The van der Waals surface area contributed by atoms with Gasteiger partial charge in [0.2, 0.25) is 0 Å². The van der Waals surface area contributed by atoms with Crippen LogP contribution in [0.25, 0.3) is 11.1 Å².